The van der Waals surface area contributed by atoms with E-state index < -0.39 is 0 Å². The number of ether oxygens (including phenoxy) is 1. The van der Waals surface area contributed by atoms with Crippen LogP contribution >= 0.6 is 11.6 Å². The molecule has 0 atom stereocenters. The molecule has 4 rings (SSSR count). The molecule has 0 radical (unpaired) electrons. The highest BCUT2D eigenvalue weighted by atomic mass is 35.5. The first-order chi connectivity index (χ1) is 13.4. The number of rotatable bonds is 4. The normalized spacial score (nSPS) is 11.1. The molecule has 4 aromatic rings. The first-order valence-electron chi connectivity index (χ1n) is 8.82. The molecule has 0 fully saturated rings. The predicted molar refractivity (Wildman–Crippen MR) is 108 cm³/mol. The maximum absolute atomic E-state index is 13.2. The van der Waals surface area contributed by atoms with Crippen LogP contribution in [0.25, 0.3) is 22.3 Å². The van der Waals surface area contributed by atoms with Gasteiger partial charge in [-0.3, -0.25) is 4.79 Å². The Hall–Kier alpha value is -3.05. The van der Waals surface area contributed by atoms with Crippen molar-refractivity contribution in [3.05, 3.63) is 80.3 Å². The summed E-state index contributed by atoms with van der Waals surface area (Å²) in [6, 6.07) is 12.7. The van der Waals surface area contributed by atoms with Gasteiger partial charge in [-0.25, -0.2) is 0 Å². The van der Waals surface area contributed by atoms with Gasteiger partial charge in [0.05, 0.1) is 16.6 Å². The average molecular weight is 396 g/mol. The minimum absolute atomic E-state index is 0.138. The Morgan fingerprint density at radius 3 is 2.50 bits per heavy atom. The van der Waals surface area contributed by atoms with Crippen LogP contribution < -0.4 is 10.2 Å². The molecular formula is C22H18ClNO4. The van der Waals surface area contributed by atoms with Gasteiger partial charge in [-0.05, 0) is 39.0 Å². The number of hydrogen-bond acceptors (Lipinski definition) is 5. The Bertz CT molecular complexity index is 1200. The van der Waals surface area contributed by atoms with Crippen LogP contribution in [0.2, 0.25) is 5.02 Å². The first-order valence-corrected chi connectivity index (χ1v) is 9.20. The molecule has 0 aliphatic carbocycles. The molecule has 142 valence electrons. The lowest BCUT2D eigenvalue weighted by Gasteiger charge is -2.12. The van der Waals surface area contributed by atoms with Gasteiger partial charge in [0.25, 0.3) is 0 Å². The van der Waals surface area contributed by atoms with E-state index in [1.807, 2.05) is 45.0 Å². The van der Waals surface area contributed by atoms with Gasteiger partial charge in [0, 0.05) is 10.6 Å². The van der Waals surface area contributed by atoms with Gasteiger partial charge < -0.3 is 13.7 Å². The Labute approximate surface area is 166 Å². The van der Waals surface area contributed by atoms with Gasteiger partial charge in [-0.15, -0.1) is 0 Å². The molecule has 0 bridgehead atoms. The number of aromatic nitrogens is 1. The maximum Gasteiger partial charge on any atom is 0.235 e. The molecule has 0 N–H and O–H groups in total. The van der Waals surface area contributed by atoms with Crippen LogP contribution in [-0.2, 0) is 6.61 Å². The van der Waals surface area contributed by atoms with Gasteiger partial charge in [0.15, 0.2) is 5.76 Å². The lowest BCUT2D eigenvalue weighted by molar-refractivity contribution is 0.294. The van der Waals surface area contributed by atoms with Gasteiger partial charge in [0.1, 0.15) is 18.0 Å². The molecule has 5 nitrogen and oxygen atoms in total. The van der Waals surface area contributed by atoms with Crippen LogP contribution in [0, 0.1) is 20.8 Å². The molecule has 0 spiro atoms. The Kier molecular flexibility index (Phi) is 4.69. The molecule has 2 aromatic heterocycles. The van der Waals surface area contributed by atoms with Crippen molar-refractivity contribution in [3.63, 3.8) is 0 Å². The van der Waals surface area contributed by atoms with E-state index in [0.717, 1.165) is 22.4 Å². The van der Waals surface area contributed by atoms with E-state index in [9.17, 15) is 4.79 Å². The number of benzene rings is 2. The van der Waals surface area contributed by atoms with E-state index in [-0.39, 0.29) is 17.8 Å². The fourth-order valence-corrected chi connectivity index (χ4v) is 3.20. The van der Waals surface area contributed by atoms with E-state index in [4.69, 9.17) is 25.3 Å². The molecule has 0 saturated carbocycles. The van der Waals surface area contributed by atoms with Crippen molar-refractivity contribution >= 4 is 22.6 Å². The predicted octanol–water partition coefficient (Wildman–Crippen LogP) is 5.61. The number of nitrogens with zero attached hydrogens (tertiary/aromatic N) is 1. The second-order valence-corrected chi connectivity index (χ2v) is 7.12. The second kappa shape index (κ2) is 7.17. The van der Waals surface area contributed by atoms with Crippen molar-refractivity contribution in [2.45, 2.75) is 27.4 Å². The van der Waals surface area contributed by atoms with Crippen LogP contribution in [0.4, 0.5) is 0 Å². The fourth-order valence-electron chi connectivity index (χ4n) is 3.03. The minimum atomic E-state index is -0.272. The fraction of sp³-hybridized carbons (Fsp3) is 0.182. The lowest BCUT2D eigenvalue weighted by Crippen LogP contribution is -2.11. The van der Waals surface area contributed by atoms with Crippen LogP contribution in [0.3, 0.4) is 0 Å². The monoisotopic (exact) mass is 395 g/mol. The summed E-state index contributed by atoms with van der Waals surface area (Å²) in [6.07, 6.45) is 0. The molecule has 0 aliphatic heterocycles. The van der Waals surface area contributed by atoms with Crippen molar-refractivity contribution in [2.75, 3.05) is 0 Å². The summed E-state index contributed by atoms with van der Waals surface area (Å²) in [5, 5.41) is 4.76. The highest BCUT2D eigenvalue weighted by Crippen LogP contribution is 2.32. The third kappa shape index (κ3) is 3.29. The van der Waals surface area contributed by atoms with E-state index in [0.29, 0.717) is 27.5 Å². The summed E-state index contributed by atoms with van der Waals surface area (Å²) in [7, 11) is 0. The van der Waals surface area contributed by atoms with Crippen LogP contribution in [0.1, 0.15) is 22.6 Å². The summed E-state index contributed by atoms with van der Waals surface area (Å²) in [5.74, 6) is 1.17. The van der Waals surface area contributed by atoms with Crippen molar-refractivity contribution in [1.82, 2.24) is 5.16 Å². The van der Waals surface area contributed by atoms with Crippen molar-refractivity contribution in [1.29, 1.82) is 0 Å². The lowest BCUT2D eigenvalue weighted by atomic mass is 10.1. The number of halogens is 1. The van der Waals surface area contributed by atoms with Crippen molar-refractivity contribution in [2.24, 2.45) is 0 Å². The van der Waals surface area contributed by atoms with E-state index in [2.05, 4.69) is 5.16 Å². The number of aryl methyl sites for hydroxylation is 3. The summed E-state index contributed by atoms with van der Waals surface area (Å²) >= 11 is 6.08. The maximum atomic E-state index is 13.2. The summed E-state index contributed by atoms with van der Waals surface area (Å²) in [5.41, 5.74) is 3.58. The standard InChI is InChI=1S/C22H18ClNO4/c1-12-4-6-15(7-5-12)21-22(26-11-18-13(2)24-28-14(18)3)20(25)17-10-16(23)8-9-19(17)27-21/h4-10H,11H2,1-3H3. The van der Waals surface area contributed by atoms with E-state index >= 15 is 0 Å². The molecule has 2 heterocycles. The zero-order valence-corrected chi connectivity index (χ0v) is 16.5. The number of fused-ring (bicyclic) bond motifs is 1. The molecule has 28 heavy (non-hydrogen) atoms. The third-order valence-electron chi connectivity index (χ3n) is 4.67. The van der Waals surface area contributed by atoms with E-state index in [1.165, 1.54) is 0 Å². The highest BCUT2D eigenvalue weighted by Gasteiger charge is 2.19. The highest BCUT2D eigenvalue weighted by molar-refractivity contribution is 6.31. The van der Waals surface area contributed by atoms with Gasteiger partial charge in [0.2, 0.25) is 11.2 Å². The molecule has 2 aromatic carbocycles. The van der Waals surface area contributed by atoms with Crippen molar-refractivity contribution < 1.29 is 13.7 Å². The quantitative estimate of drug-likeness (QED) is 0.449. The van der Waals surface area contributed by atoms with Crippen LogP contribution in [0.5, 0.6) is 5.75 Å². The molecule has 0 unspecified atom stereocenters. The third-order valence-corrected chi connectivity index (χ3v) is 4.90. The first kappa shape index (κ1) is 18.3. The van der Waals surface area contributed by atoms with Gasteiger partial charge in [-0.2, -0.15) is 0 Å². The summed E-state index contributed by atoms with van der Waals surface area (Å²) in [6.45, 7) is 5.79. The molecule has 0 saturated heterocycles. The summed E-state index contributed by atoms with van der Waals surface area (Å²) in [4.78, 5) is 13.2. The van der Waals surface area contributed by atoms with Crippen LogP contribution in [-0.4, -0.2) is 5.16 Å². The number of hydrogen-bond donors (Lipinski definition) is 0. The Balaban J connectivity index is 1.88. The summed E-state index contributed by atoms with van der Waals surface area (Å²) < 4.78 is 17.2. The van der Waals surface area contributed by atoms with Crippen LogP contribution in [0.15, 0.2) is 56.2 Å². The Morgan fingerprint density at radius 1 is 1.07 bits per heavy atom. The zero-order chi connectivity index (χ0) is 19.8. The largest absolute Gasteiger partial charge is 0.481 e. The van der Waals surface area contributed by atoms with Gasteiger partial charge >= 0.3 is 0 Å². The molecule has 0 aliphatic rings. The zero-order valence-electron chi connectivity index (χ0n) is 15.7. The topological polar surface area (TPSA) is 65.5 Å². The second-order valence-electron chi connectivity index (χ2n) is 6.69. The molecule has 6 heteroatoms. The molecule has 0 amide bonds. The van der Waals surface area contributed by atoms with Gasteiger partial charge in [-0.1, -0.05) is 46.6 Å². The minimum Gasteiger partial charge on any atom is -0.481 e. The van der Waals surface area contributed by atoms with E-state index in [1.54, 1.807) is 18.2 Å². The Morgan fingerprint density at radius 2 is 1.82 bits per heavy atom. The molecular weight excluding hydrogens is 378 g/mol. The SMILES string of the molecule is Cc1ccc(-c2oc3ccc(Cl)cc3c(=O)c2OCc2c(C)noc2C)cc1. The van der Waals surface area contributed by atoms with Crippen molar-refractivity contribution in [3.8, 4) is 17.1 Å². The average Bonchev–Trinajstić information content (AvgIpc) is 3.00. The smallest absolute Gasteiger partial charge is 0.235 e.